The Bertz CT molecular complexity index is 237. The fraction of sp³-hybridized carbons (Fsp3) is 0.929. The molecule has 0 aromatic carbocycles. The van der Waals surface area contributed by atoms with E-state index in [4.69, 9.17) is 0 Å². The first kappa shape index (κ1) is 12.5. The minimum atomic E-state index is -0.0192. The van der Waals surface area contributed by atoms with Crippen molar-refractivity contribution in [3.8, 4) is 0 Å². The first-order valence-electron chi connectivity index (χ1n) is 6.88. The molecule has 0 aromatic heterocycles. The van der Waals surface area contributed by atoms with Crippen LogP contribution in [-0.4, -0.2) is 16.3 Å². The van der Waals surface area contributed by atoms with E-state index in [9.17, 15) is 4.79 Å². The first-order valence-corrected chi connectivity index (χ1v) is 7.86. The molecule has 2 heteroatoms. The van der Waals surface area contributed by atoms with Crippen LogP contribution >= 0.6 is 11.8 Å². The molecule has 1 atom stereocenters. The zero-order chi connectivity index (χ0) is 11.4. The summed E-state index contributed by atoms with van der Waals surface area (Å²) in [5, 5.41) is 0. The molecule has 1 heterocycles. The highest BCUT2D eigenvalue weighted by molar-refractivity contribution is 8.01. The molecule has 1 unspecified atom stereocenters. The summed E-state index contributed by atoms with van der Waals surface area (Å²) in [4.78, 5) is 12.2. The van der Waals surface area contributed by atoms with E-state index in [1.165, 1.54) is 44.3 Å². The highest BCUT2D eigenvalue weighted by atomic mass is 32.2. The molecule has 0 aromatic rings. The average molecular weight is 240 g/mol. The van der Waals surface area contributed by atoms with E-state index in [-0.39, 0.29) is 4.75 Å². The van der Waals surface area contributed by atoms with Crippen LogP contribution in [0.3, 0.4) is 0 Å². The predicted molar refractivity (Wildman–Crippen MR) is 70.9 cm³/mol. The lowest BCUT2D eigenvalue weighted by Gasteiger charge is -2.24. The van der Waals surface area contributed by atoms with Gasteiger partial charge >= 0.3 is 0 Å². The van der Waals surface area contributed by atoms with Crippen LogP contribution < -0.4 is 0 Å². The van der Waals surface area contributed by atoms with Crippen LogP contribution in [-0.2, 0) is 4.79 Å². The maximum atomic E-state index is 12.2. The van der Waals surface area contributed by atoms with Gasteiger partial charge in [-0.2, -0.15) is 0 Å². The third kappa shape index (κ3) is 3.03. The normalized spacial score (nSPS) is 31.8. The minimum absolute atomic E-state index is 0.0192. The van der Waals surface area contributed by atoms with Gasteiger partial charge in [-0.3, -0.25) is 4.79 Å². The van der Waals surface area contributed by atoms with Crippen molar-refractivity contribution in [2.45, 2.75) is 69.5 Å². The molecular weight excluding hydrogens is 216 g/mol. The van der Waals surface area contributed by atoms with Crippen LogP contribution in [0.4, 0.5) is 0 Å². The quantitative estimate of drug-likeness (QED) is 0.732. The molecule has 1 aliphatic heterocycles. The molecule has 0 spiro atoms. The average Bonchev–Trinajstić information content (AvgIpc) is 2.76. The molecule has 0 amide bonds. The van der Waals surface area contributed by atoms with Gasteiger partial charge in [0.1, 0.15) is 5.78 Å². The van der Waals surface area contributed by atoms with Crippen molar-refractivity contribution < 1.29 is 4.79 Å². The fourth-order valence-corrected chi connectivity index (χ4v) is 4.37. The van der Waals surface area contributed by atoms with Gasteiger partial charge in [0.25, 0.3) is 0 Å². The molecular formula is C14H24OS. The van der Waals surface area contributed by atoms with Gasteiger partial charge in [0, 0.05) is 6.42 Å². The SMILES string of the molecule is CC1(C(=O)CCC2CCCCC2)CCCS1. The Labute approximate surface area is 104 Å². The number of hydrogen-bond donors (Lipinski definition) is 0. The van der Waals surface area contributed by atoms with Crippen molar-refractivity contribution in [2.75, 3.05) is 5.75 Å². The standard InChI is InChI=1S/C14H24OS/c1-14(10-5-11-16-14)13(15)9-8-12-6-3-2-4-7-12/h12H,2-11H2,1H3. The third-order valence-electron chi connectivity index (χ3n) is 4.31. The zero-order valence-electron chi connectivity index (χ0n) is 10.5. The third-order valence-corrected chi connectivity index (χ3v) is 5.87. The molecule has 2 aliphatic rings. The van der Waals surface area contributed by atoms with E-state index in [0.29, 0.717) is 5.78 Å². The van der Waals surface area contributed by atoms with Crippen molar-refractivity contribution in [3.63, 3.8) is 0 Å². The first-order chi connectivity index (χ1) is 7.71. The molecule has 2 rings (SSSR count). The summed E-state index contributed by atoms with van der Waals surface area (Å²) in [6.07, 6.45) is 11.3. The van der Waals surface area contributed by atoms with Gasteiger partial charge in [-0.25, -0.2) is 0 Å². The number of hydrogen-bond acceptors (Lipinski definition) is 2. The van der Waals surface area contributed by atoms with Crippen molar-refractivity contribution in [1.82, 2.24) is 0 Å². The maximum Gasteiger partial charge on any atom is 0.148 e. The molecule has 1 aliphatic carbocycles. The Kier molecular flexibility index (Phi) is 4.34. The van der Waals surface area contributed by atoms with E-state index in [2.05, 4.69) is 6.92 Å². The number of thioether (sulfide) groups is 1. The summed E-state index contributed by atoms with van der Waals surface area (Å²) in [6, 6.07) is 0. The molecule has 0 N–H and O–H groups in total. The molecule has 0 radical (unpaired) electrons. The predicted octanol–water partition coefficient (Wildman–Crippen LogP) is 4.20. The van der Waals surface area contributed by atoms with Crippen LogP contribution in [0.1, 0.15) is 64.7 Å². The number of Topliss-reactive ketones (excluding diaryl/α,β-unsaturated/α-hetero) is 1. The minimum Gasteiger partial charge on any atom is -0.298 e. The second-order valence-corrected chi connectivity index (χ2v) is 7.25. The molecule has 1 saturated carbocycles. The highest BCUT2D eigenvalue weighted by Crippen LogP contribution is 2.40. The summed E-state index contributed by atoms with van der Waals surface area (Å²) in [5.74, 6) is 2.57. The summed E-state index contributed by atoms with van der Waals surface area (Å²) in [5.41, 5.74) is 0. The van der Waals surface area contributed by atoms with Gasteiger partial charge in [0.2, 0.25) is 0 Å². The van der Waals surface area contributed by atoms with Gasteiger partial charge in [0.05, 0.1) is 4.75 Å². The molecule has 1 nitrogen and oxygen atoms in total. The van der Waals surface area contributed by atoms with Crippen molar-refractivity contribution in [2.24, 2.45) is 5.92 Å². The van der Waals surface area contributed by atoms with Gasteiger partial charge < -0.3 is 0 Å². The summed E-state index contributed by atoms with van der Waals surface area (Å²) < 4.78 is -0.0192. The Morgan fingerprint density at radius 3 is 2.62 bits per heavy atom. The van der Waals surface area contributed by atoms with Crippen molar-refractivity contribution in [1.29, 1.82) is 0 Å². The molecule has 92 valence electrons. The van der Waals surface area contributed by atoms with Gasteiger partial charge in [-0.05, 0) is 37.9 Å². The summed E-state index contributed by atoms with van der Waals surface area (Å²) in [6.45, 7) is 2.16. The number of ketones is 1. The van der Waals surface area contributed by atoms with Crippen molar-refractivity contribution >= 4 is 17.5 Å². The molecule has 1 saturated heterocycles. The Morgan fingerprint density at radius 1 is 1.25 bits per heavy atom. The fourth-order valence-electron chi connectivity index (χ4n) is 3.07. The molecule has 16 heavy (non-hydrogen) atoms. The van der Waals surface area contributed by atoms with E-state index < -0.39 is 0 Å². The van der Waals surface area contributed by atoms with Crippen molar-refractivity contribution in [3.05, 3.63) is 0 Å². The molecule has 2 fully saturated rings. The lowest BCUT2D eigenvalue weighted by atomic mass is 9.84. The lowest BCUT2D eigenvalue weighted by molar-refractivity contribution is -0.121. The molecule has 0 bridgehead atoms. The zero-order valence-corrected chi connectivity index (χ0v) is 11.3. The van der Waals surface area contributed by atoms with Crippen LogP contribution in [0.2, 0.25) is 0 Å². The Hall–Kier alpha value is 0.0200. The number of carbonyl (C=O) groups excluding carboxylic acids is 1. The van der Waals surface area contributed by atoms with E-state index in [1.807, 2.05) is 11.8 Å². The smallest absolute Gasteiger partial charge is 0.148 e. The Morgan fingerprint density at radius 2 is 2.00 bits per heavy atom. The monoisotopic (exact) mass is 240 g/mol. The number of carbonyl (C=O) groups is 1. The summed E-state index contributed by atoms with van der Waals surface area (Å²) in [7, 11) is 0. The summed E-state index contributed by atoms with van der Waals surface area (Å²) >= 11 is 1.89. The maximum absolute atomic E-state index is 12.2. The van der Waals surface area contributed by atoms with Gasteiger partial charge in [0.15, 0.2) is 0 Å². The van der Waals surface area contributed by atoms with Gasteiger partial charge in [-0.1, -0.05) is 32.1 Å². The van der Waals surface area contributed by atoms with E-state index in [1.54, 1.807) is 0 Å². The van der Waals surface area contributed by atoms with Gasteiger partial charge in [-0.15, -0.1) is 11.8 Å². The lowest BCUT2D eigenvalue weighted by Crippen LogP contribution is -2.29. The van der Waals surface area contributed by atoms with E-state index in [0.717, 1.165) is 25.2 Å². The second kappa shape index (κ2) is 5.57. The second-order valence-electron chi connectivity index (χ2n) is 5.65. The van der Waals surface area contributed by atoms with Crippen LogP contribution in [0, 0.1) is 5.92 Å². The largest absolute Gasteiger partial charge is 0.298 e. The van der Waals surface area contributed by atoms with Crippen LogP contribution in [0.15, 0.2) is 0 Å². The number of rotatable bonds is 4. The Balaban J connectivity index is 1.74. The van der Waals surface area contributed by atoms with Crippen LogP contribution in [0.5, 0.6) is 0 Å². The topological polar surface area (TPSA) is 17.1 Å². The van der Waals surface area contributed by atoms with E-state index >= 15 is 0 Å². The highest BCUT2D eigenvalue weighted by Gasteiger charge is 2.36. The van der Waals surface area contributed by atoms with Crippen LogP contribution in [0.25, 0.3) is 0 Å².